The molecule has 0 radical (unpaired) electrons. The Kier molecular flexibility index (Phi) is 3.28. The minimum Gasteiger partial charge on any atom is -0.463 e. The van der Waals surface area contributed by atoms with Crippen LogP contribution in [0, 0.1) is 0 Å². The Morgan fingerprint density at radius 2 is 2.13 bits per heavy atom. The van der Waals surface area contributed by atoms with Crippen molar-refractivity contribution >= 4 is 17.7 Å². The summed E-state index contributed by atoms with van der Waals surface area (Å²) in [6.45, 7) is 1.19. The first-order chi connectivity index (χ1) is 7.31. The summed E-state index contributed by atoms with van der Waals surface area (Å²) >= 11 is 1.69. The maximum atomic E-state index is 11.5. The van der Waals surface area contributed by atoms with Gasteiger partial charge in [-0.15, -0.1) is 11.8 Å². The Morgan fingerprint density at radius 3 is 2.73 bits per heavy atom. The van der Waals surface area contributed by atoms with Crippen molar-refractivity contribution in [2.45, 2.75) is 10.9 Å². The van der Waals surface area contributed by atoms with Crippen LogP contribution in [-0.2, 0) is 9.53 Å². The lowest BCUT2D eigenvalue weighted by Crippen LogP contribution is -2.38. The Bertz CT molecular complexity index is 350. The largest absolute Gasteiger partial charge is 0.463 e. The zero-order valence-electron chi connectivity index (χ0n) is 8.53. The molecule has 2 rings (SSSR count). The van der Waals surface area contributed by atoms with E-state index in [9.17, 15) is 4.79 Å². The molecule has 1 heterocycles. The number of hydrogen-bond acceptors (Lipinski definition) is 4. The fourth-order valence-corrected chi connectivity index (χ4v) is 1.98. The second kappa shape index (κ2) is 4.68. The zero-order valence-corrected chi connectivity index (χ0v) is 9.34. The van der Waals surface area contributed by atoms with Crippen LogP contribution in [0.3, 0.4) is 0 Å². The van der Waals surface area contributed by atoms with Crippen LogP contribution in [0.15, 0.2) is 29.2 Å². The number of esters is 1. The lowest BCUT2D eigenvalue weighted by Gasteiger charge is -2.22. The van der Waals surface area contributed by atoms with Gasteiger partial charge < -0.3 is 4.74 Å². The summed E-state index contributed by atoms with van der Waals surface area (Å²) < 4.78 is 4.99. The molecule has 0 amide bonds. The van der Waals surface area contributed by atoms with E-state index in [1.807, 2.05) is 30.5 Å². The number of thioether (sulfide) groups is 1. The van der Waals surface area contributed by atoms with Gasteiger partial charge in [0, 0.05) is 11.4 Å². The molecule has 1 saturated heterocycles. The lowest BCUT2D eigenvalue weighted by molar-refractivity contribution is -0.149. The van der Waals surface area contributed by atoms with Gasteiger partial charge in [-0.25, -0.2) is 4.79 Å². The van der Waals surface area contributed by atoms with Crippen molar-refractivity contribution in [2.75, 3.05) is 19.4 Å². The van der Waals surface area contributed by atoms with Gasteiger partial charge in [0.15, 0.2) is 0 Å². The maximum absolute atomic E-state index is 11.5. The van der Waals surface area contributed by atoms with Gasteiger partial charge in [-0.1, -0.05) is 12.1 Å². The van der Waals surface area contributed by atoms with E-state index in [0.29, 0.717) is 6.61 Å². The van der Waals surface area contributed by atoms with Crippen molar-refractivity contribution in [1.82, 2.24) is 5.32 Å². The second-order valence-corrected chi connectivity index (χ2v) is 4.21. The van der Waals surface area contributed by atoms with Crippen LogP contribution in [0.4, 0.5) is 0 Å². The highest BCUT2D eigenvalue weighted by molar-refractivity contribution is 7.98. The lowest BCUT2D eigenvalue weighted by atomic mass is 10.1. The normalized spacial score (nSPS) is 21.1. The van der Waals surface area contributed by atoms with E-state index in [4.69, 9.17) is 4.74 Å². The van der Waals surface area contributed by atoms with Gasteiger partial charge in [-0.2, -0.15) is 0 Å². The number of rotatable bonds is 2. The Balaban J connectivity index is 2.17. The third kappa shape index (κ3) is 2.33. The molecule has 1 aromatic carbocycles. The number of nitrogens with one attached hydrogen (secondary N) is 1. The number of cyclic esters (lactones) is 1. The van der Waals surface area contributed by atoms with Crippen LogP contribution in [0.1, 0.15) is 11.6 Å². The van der Waals surface area contributed by atoms with Gasteiger partial charge in [-0.3, -0.25) is 5.32 Å². The highest BCUT2D eigenvalue weighted by Gasteiger charge is 2.24. The van der Waals surface area contributed by atoms with E-state index < -0.39 is 0 Å². The van der Waals surface area contributed by atoms with Gasteiger partial charge in [0.1, 0.15) is 12.6 Å². The van der Waals surface area contributed by atoms with Crippen LogP contribution >= 0.6 is 11.8 Å². The van der Waals surface area contributed by atoms with Gasteiger partial charge in [-0.05, 0) is 24.0 Å². The third-order valence-corrected chi connectivity index (χ3v) is 3.12. The zero-order chi connectivity index (χ0) is 10.7. The molecule has 1 aromatic rings. The van der Waals surface area contributed by atoms with E-state index >= 15 is 0 Å². The molecular formula is C11H13NO2S. The van der Waals surface area contributed by atoms with E-state index in [1.165, 1.54) is 4.90 Å². The molecule has 80 valence electrons. The predicted molar refractivity (Wildman–Crippen MR) is 59.9 cm³/mol. The molecule has 1 N–H and O–H groups in total. The third-order valence-electron chi connectivity index (χ3n) is 2.38. The van der Waals surface area contributed by atoms with Crippen LogP contribution in [0.2, 0.25) is 0 Å². The minimum atomic E-state index is -0.297. The highest BCUT2D eigenvalue weighted by atomic mass is 32.2. The number of ether oxygens (including phenoxy) is 1. The molecule has 1 aliphatic rings. The average molecular weight is 223 g/mol. The van der Waals surface area contributed by atoms with Crippen molar-refractivity contribution in [3.63, 3.8) is 0 Å². The van der Waals surface area contributed by atoms with Crippen molar-refractivity contribution in [3.05, 3.63) is 29.8 Å². The SMILES string of the molecule is CSc1ccc(C2NCCOC2=O)cc1. The summed E-state index contributed by atoms with van der Waals surface area (Å²) in [5, 5.41) is 3.14. The van der Waals surface area contributed by atoms with Crippen molar-refractivity contribution in [3.8, 4) is 0 Å². The van der Waals surface area contributed by atoms with E-state index in [1.54, 1.807) is 11.8 Å². The van der Waals surface area contributed by atoms with Gasteiger partial charge in [0.05, 0.1) is 0 Å². The first-order valence-electron chi connectivity index (χ1n) is 4.85. The molecule has 0 saturated carbocycles. The number of morpholine rings is 1. The first kappa shape index (κ1) is 10.5. The molecule has 0 aliphatic carbocycles. The topological polar surface area (TPSA) is 38.3 Å². The summed E-state index contributed by atoms with van der Waals surface area (Å²) in [6.07, 6.45) is 2.03. The quantitative estimate of drug-likeness (QED) is 0.610. The molecule has 1 atom stereocenters. The summed E-state index contributed by atoms with van der Waals surface area (Å²) in [4.78, 5) is 12.7. The molecule has 1 fully saturated rings. The number of carbonyl (C=O) groups excluding carboxylic acids is 1. The van der Waals surface area contributed by atoms with Gasteiger partial charge >= 0.3 is 5.97 Å². The minimum absolute atomic E-state index is 0.182. The molecule has 1 unspecified atom stereocenters. The van der Waals surface area contributed by atoms with E-state index in [2.05, 4.69) is 5.32 Å². The number of benzene rings is 1. The smallest absolute Gasteiger partial charge is 0.327 e. The molecule has 1 aliphatic heterocycles. The molecule has 0 spiro atoms. The van der Waals surface area contributed by atoms with Crippen molar-refractivity contribution < 1.29 is 9.53 Å². The monoisotopic (exact) mass is 223 g/mol. The van der Waals surface area contributed by atoms with Crippen LogP contribution in [-0.4, -0.2) is 25.4 Å². The van der Waals surface area contributed by atoms with Crippen molar-refractivity contribution in [2.24, 2.45) is 0 Å². The molecule has 15 heavy (non-hydrogen) atoms. The van der Waals surface area contributed by atoms with Gasteiger partial charge in [0.25, 0.3) is 0 Å². The predicted octanol–water partition coefficient (Wildman–Crippen LogP) is 1.60. The molecule has 4 heteroatoms. The van der Waals surface area contributed by atoms with Gasteiger partial charge in [0.2, 0.25) is 0 Å². The Morgan fingerprint density at radius 1 is 1.40 bits per heavy atom. The summed E-state index contributed by atoms with van der Waals surface area (Å²) in [5.74, 6) is -0.182. The van der Waals surface area contributed by atoms with E-state index in [0.717, 1.165) is 12.1 Å². The summed E-state index contributed by atoms with van der Waals surface area (Å²) in [5.41, 5.74) is 0.970. The molecule has 0 bridgehead atoms. The first-order valence-corrected chi connectivity index (χ1v) is 6.07. The van der Waals surface area contributed by atoms with Crippen LogP contribution in [0.25, 0.3) is 0 Å². The van der Waals surface area contributed by atoms with Crippen molar-refractivity contribution in [1.29, 1.82) is 0 Å². The molecular weight excluding hydrogens is 210 g/mol. The molecule has 3 nitrogen and oxygen atoms in total. The number of carbonyl (C=O) groups is 1. The Labute approximate surface area is 93.2 Å². The van der Waals surface area contributed by atoms with Crippen LogP contribution < -0.4 is 5.32 Å². The van der Waals surface area contributed by atoms with E-state index in [-0.39, 0.29) is 12.0 Å². The highest BCUT2D eigenvalue weighted by Crippen LogP contribution is 2.21. The van der Waals surface area contributed by atoms with Crippen LogP contribution in [0.5, 0.6) is 0 Å². The number of hydrogen-bond donors (Lipinski definition) is 1. The fourth-order valence-electron chi connectivity index (χ4n) is 1.57. The summed E-state index contributed by atoms with van der Waals surface area (Å²) in [6, 6.07) is 7.67. The standard InChI is InChI=1S/C11H13NO2S/c1-15-9-4-2-8(3-5-9)10-11(13)14-7-6-12-10/h2-5,10,12H,6-7H2,1H3. The Hall–Kier alpha value is -1.00. The fraction of sp³-hybridized carbons (Fsp3) is 0.364. The average Bonchev–Trinajstić information content (AvgIpc) is 2.30. The summed E-state index contributed by atoms with van der Waals surface area (Å²) in [7, 11) is 0. The molecule has 0 aromatic heterocycles. The second-order valence-electron chi connectivity index (χ2n) is 3.33. The maximum Gasteiger partial charge on any atom is 0.327 e.